The molecule has 2 rings (SSSR count). The molecule has 0 aliphatic carbocycles. The number of carbonyl (C=O) groups is 2. The third-order valence-corrected chi connectivity index (χ3v) is 4.64. The third-order valence-electron chi connectivity index (χ3n) is 4.64. The summed E-state index contributed by atoms with van der Waals surface area (Å²) in [4.78, 5) is 26.7. The number of halogens is 3. The lowest BCUT2D eigenvalue weighted by Crippen LogP contribution is -2.47. The highest BCUT2D eigenvalue weighted by atomic mass is 19.4. The molecule has 0 saturated carbocycles. The van der Waals surface area contributed by atoms with Gasteiger partial charge in [-0.15, -0.1) is 0 Å². The van der Waals surface area contributed by atoms with Crippen LogP contribution in [0.4, 0.5) is 18.9 Å². The summed E-state index contributed by atoms with van der Waals surface area (Å²) in [5.74, 6) is -5.35. The Kier molecular flexibility index (Phi) is 5.72. The Morgan fingerprint density at radius 3 is 2.32 bits per heavy atom. The van der Waals surface area contributed by atoms with E-state index < -0.39 is 36.6 Å². The van der Waals surface area contributed by atoms with Crippen molar-refractivity contribution in [1.29, 1.82) is 0 Å². The van der Waals surface area contributed by atoms with Crippen LogP contribution in [0.25, 0.3) is 0 Å². The average molecular weight is 358 g/mol. The second kappa shape index (κ2) is 7.43. The number of likely N-dealkylation sites (tertiary alicyclic amines) is 1. The Morgan fingerprint density at radius 2 is 1.88 bits per heavy atom. The van der Waals surface area contributed by atoms with Crippen LogP contribution in [0.5, 0.6) is 0 Å². The number of anilines is 1. The van der Waals surface area contributed by atoms with Gasteiger partial charge in [-0.05, 0) is 26.0 Å². The van der Waals surface area contributed by atoms with Gasteiger partial charge in [-0.1, -0.05) is 18.2 Å². The minimum absolute atomic E-state index is 0.293. The number of aliphatic carboxylic acids is 1. The molecule has 1 aliphatic rings. The molecular weight excluding hydrogens is 337 g/mol. The largest absolute Gasteiger partial charge is 0.481 e. The first-order chi connectivity index (χ1) is 11.7. The molecule has 1 aliphatic heterocycles. The van der Waals surface area contributed by atoms with Crippen LogP contribution in [0.1, 0.15) is 13.8 Å². The fourth-order valence-corrected chi connectivity index (χ4v) is 3.19. The molecule has 1 heterocycles. The van der Waals surface area contributed by atoms with Gasteiger partial charge in [0.15, 0.2) is 0 Å². The van der Waals surface area contributed by atoms with Crippen LogP contribution in [0.3, 0.4) is 0 Å². The molecule has 25 heavy (non-hydrogen) atoms. The smallest absolute Gasteiger partial charge is 0.393 e. The number of hydrogen-bond acceptors (Lipinski definition) is 3. The van der Waals surface area contributed by atoms with Crippen molar-refractivity contribution in [3.8, 4) is 0 Å². The van der Waals surface area contributed by atoms with E-state index in [1.807, 2.05) is 0 Å². The van der Waals surface area contributed by atoms with E-state index in [0.717, 1.165) is 0 Å². The number of carboxylic acids is 1. The summed E-state index contributed by atoms with van der Waals surface area (Å²) in [6, 6.07) is 8.00. The highest BCUT2D eigenvalue weighted by Crippen LogP contribution is 2.38. The van der Waals surface area contributed by atoms with Crippen molar-refractivity contribution in [3.63, 3.8) is 0 Å². The van der Waals surface area contributed by atoms with Crippen molar-refractivity contribution in [2.24, 2.45) is 11.8 Å². The number of rotatable bonds is 5. The summed E-state index contributed by atoms with van der Waals surface area (Å²) in [6.07, 6.45) is -4.61. The number of benzene rings is 1. The standard InChI is InChI=1S/C17H21F3N2O3/c1-3-22(12-7-5-4-6-8-12)15(23)11(2)21-9-13(16(24)25)14(10-21)17(18,19)20/h4-8,11,13-14H,3,9-10H2,1-2H3,(H,24,25)/t11?,13-,14-/m1/s1. The number of amides is 1. The highest BCUT2D eigenvalue weighted by Gasteiger charge is 2.53. The third kappa shape index (κ3) is 4.12. The lowest BCUT2D eigenvalue weighted by atomic mass is 9.96. The van der Waals surface area contributed by atoms with Crippen molar-refractivity contribution in [1.82, 2.24) is 4.90 Å². The summed E-state index contributed by atoms with van der Waals surface area (Å²) in [6.45, 7) is 2.89. The van der Waals surface area contributed by atoms with Crippen molar-refractivity contribution in [2.45, 2.75) is 26.1 Å². The topological polar surface area (TPSA) is 60.9 Å². The highest BCUT2D eigenvalue weighted by molar-refractivity contribution is 5.97. The minimum atomic E-state index is -4.61. The molecule has 1 saturated heterocycles. The molecule has 0 spiro atoms. The second-order valence-electron chi connectivity index (χ2n) is 6.14. The average Bonchev–Trinajstić information content (AvgIpc) is 3.01. The predicted octanol–water partition coefficient (Wildman–Crippen LogP) is 2.62. The maximum absolute atomic E-state index is 13.1. The van der Waals surface area contributed by atoms with Crippen molar-refractivity contribution in [2.75, 3.05) is 24.5 Å². The van der Waals surface area contributed by atoms with Gasteiger partial charge in [-0.2, -0.15) is 13.2 Å². The normalized spacial score (nSPS) is 22.6. The Morgan fingerprint density at radius 1 is 1.28 bits per heavy atom. The van der Waals surface area contributed by atoms with E-state index in [1.165, 1.54) is 16.7 Å². The lowest BCUT2D eigenvalue weighted by Gasteiger charge is -2.30. The summed E-state index contributed by atoms with van der Waals surface area (Å²) < 4.78 is 39.3. The van der Waals surface area contributed by atoms with Gasteiger partial charge in [-0.3, -0.25) is 14.5 Å². The molecule has 0 aromatic heterocycles. The van der Waals surface area contributed by atoms with Gasteiger partial charge in [0.1, 0.15) is 0 Å². The van der Waals surface area contributed by atoms with Crippen LogP contribution < -0.4 is 4.90 Å². The molecule has 5 nitrogen and oxygen atoms in total. The first-order valence-electron chi connectivity index (χ1n) is 8.06. The number of likely N-dealkylation sites (N-methyl/N-ethyl adjacent to an activating group) is 1. The van der Waals surface area contributed by atoms with E-state index in [1.54, 1.807) is 37.3 Å². The molecule has 138 valence electrons. The van der Waals surface area contributed by atoms with E-state index in [4.69, 9.17) is 5.11 Å². The number of carbonyl (C=O) groups excluding carboxylic acids is 1. The number of alkyl halides is 3. The summed E-state index contributed by atoms with van der Waals surface area (Å²) >= 11 is 0. The van der Waals surface area contributed by atoms with Crippen LogP contribution in [-0.2, 0) is 9.59 Å². The lowest BCUT2D eigenvalue weighted by molar-refractivity contribution is -0.188. The number of para-hydroxylation sites is 1. The molecule has 1 unspecified atom stereocenters. The summed E-state index contributed by atoms with van der Waals surface area (Å²) in [7, 11) is 0. The maximum atomic E-state index is 13.1. The van der Waals surface area contributed by atoms with Gasteiger partial charge in [0, 0.05) is 25.3 Å². The maximum Gasteiger partial charge on any atom is 0.393 e. The molecule has 3 atom stereocenters. The molecule has 1 aromatic carbocycles. The molecule has 1 N–H and O–H groups in total. The van der Waals surface area contributed by atoms with Crippen LogP contribution in [0, 0.1) is 11.8 Å². The zero-order chi connectivity index (χ0) is 18.8. The van der Waals surface area contributed by atoms with Crippen molar-refractivity contribution in [3.05, 3.63) is 30.3 Å². The van der Waals surface area contributed by atoms with E-state index in [9.17, 15) is 22.8 Å². The molecule has 1 aromatic rings. The van der Waals surface area contributed by atoms with E-state index in [2.05, 4.69) is 0 Å². The molecule has 1 amide bonds. The quantitative estimate of drug-likeness (QED) is 0.879. The van der Waals surface area contributed by atoms with Gasteiger partial charge >= 0.3 is 12.1 Å². The van der Waals surface area contributed by atoms with Crippen molar-refractivity contribution < 1.29 is 27.9 Å². The van der Waals surface area contributed by atoms with Crippen molar-refractivity contribution >= 4 is 17.6 Å². The minimum Gasteiger partial charge on any atom is -0.481 e. The fraction of sp³-hybridized carbons (Fsp3) is 0.529. The van der Waals surface area contributed by atoms with E-state index in [-0.39, 0.29) is 12.5 Å². The fourth-order valence-electron chi connectivity index (χ4n) is 3.19. The first kappa shape index (κ1) is 19.2. The first-order valence-corrected chi connectivity index (χ1v) is 8.06. The number of carboxylic acid groups (broad SMARTS) is 1. The van der Waals surface area contributed by atoms with Gasteiger partial charge in [0.25, 0.3) is 0 Å². The van der Waals surface area contributed by atoms with Crippen LogP contribution in [-0.4, -0.2) is 53.7 Å². The molecule has 0 radical (unpaired) electrons. The Balaban J connectivity index is 2.18. The van der Waals surface area contributed by atoms with Gasteiger partial charge in [0.05, 0.1) is 17.9 Å². The van der Waals surface area contributed by atoms with Crippen LogP contribution in [0.15, 0.2) is 30.3 Å². The zero-order valence-corrected chi connectivity index (χ0v) is 14.0. The monoisotopic (exact) mass is 358 g/mol. The SMILES string of the molecule is CCN(C(=O)C(C)N1C[C@@H](C(F)(F)F)[C@H](C(=O)O)C1)c1ccccc1. The summed E-state index contributed by atoms with van der Waals surface area (Å²) in [5, 5.41) is 9.10. The Hall–Kier alpha value is -2.09. The predicted molar refractivity (Wildman–Crippen MR) is 86.2 cm³/mol. The second-order valence-corrected chi connectivity index (χ2v) is 6.14. The zero-order valence-electron chi connectivity index (χ0n) is 14.0. The molecule has 1 fully saturated rings. The number of nitrogens with zero attached hydrogens (tertiary/aromatic N) is 2. The molecular formula is C17H21F3N2O3. The van der Waals surface area contributed by atoms with Gasteiger partial charge in [0.2, 0.25) is 5.91 Å². The molecule has 0 bridgehead atoms. The molecule has 8 heteroatoms. The van der Waals surface area contributed by atoms with E-state index >= 15 is 0 Å². The van der Waals surface area contributed by atoms with Crippen LogP contribution >= 0.6 is 0 Å². The van der Waals surface area contributed by atoms with Gasteiger partial charge < -0.3 is 10.0 Å². The summed E-state index contributed by atoms with van der Waals surface area (Å²) in [5.41, 5.74) is 0.656. The van der Waals surface area contributed by atoms with Crippen LogP contribution in [0.2, 0.25) is 0 Å². The number of hydrogen-bond donors (Lipinski definition) is 1. The Labute approximate surface area is 144 Å². The van der Waals surface area contributed by atoms with Gasteiger partial charge in [-0.25, -0.2) is 0 Å². The van der Waals surface area contributed by atoms with E-state index in [0.29, 0.717) is 12.2 Å². The Bertz CT molecular complexity index is 621.